The van der Waals surface area contributed by atoms with Gasteiger partial charge >= 0.3 is 0 Å². The molecule has 2 aliphatic rings. The van der Waals surface area contributed by atoms with Crippen LogP contribution in [0.5, 0.6) is 17.2 Å². The van der Waals surface area contributed by atoms with E-state index in [4.69, 9.17) is 16.3 Å². The second-order valence-electron chi connectivity index (χ2n) is 7.64. The summed E-state index contributed by atoms with van der Waals surface area (Å²) in [4.78, 5) is 14.9. The van der Waals surface area contributed by atoms with Crippen molar-refractivity contribution in [1.29, 1.82) is 0 Å². The molecule has 158 valence electrons. The topological polar surface area (TPSA) is 94.1 Å². The van der Waals surface area contributed by atoms with Crippen molar-refractivity contribution in [3.63, 3.8) is 0 Å². The maximum Gasteiger partial charge on any atom is 0.242 e. The summed E-state index contributed by atoms with van der Waals surface area (Å²) in [5.74, 6) is 0.174. The van der Waals surface area contributed by atoms with Crippen LogP contribution in [0.1, 0.15) is 28.8 Å². The summed E-state index contributed by atoms with van der Waals surface area (Å²) in [6.45, 7) is 5.98. The molecule has 0 aromatic heterocycles. The minimum absolute atomic E-state index is 0.0274. The second kappa shape index (κ2) is 7.83. The van der Waals surface area contributed by atoms with E-state index in [2.05, 4.69) is 17.4 Å². The Balaban J connectivity index is 1.83. The third-order valence-corrected chi connectivity index (χ3v) is 6.33. The highest BCUT2D eigenvalue weighted by atomic mass is 35.5. The summed E-state index contributed by atoms with van der Waals surface area (Å²) >= 11 is 6.33. The van der Waals surface area contributed by atoms with Gasteiger partial charge in [0.15, 0.2) is 11.5 Å². The number of fused-ring (bicyclic) bond motifs is 1. The lowest BCUT2D eigenvalue weighted by atomic mass is 9.83. The number of nitrogens with one attached hydrogen (secondary N) is 2. The number of aryl methyl sites for hydroxylation is 1. The zero-order valence-electron chi connectivity index (χ0n) is 16.7. The number of benzene rings is 2. The number of likely N-dealkylation sites (tertiary alicyclic amines) is 1. The van der Waals surface area contributed by atoms with Gasteiger partial charge in [-0.15, -0.1) is 6.58 Å². The SMILES string of the molecule is C=CCN1C(=O)C2NNC(c3cc(Cl)c(C)cc3O)C2C1c1ccc(O)c(OC)c1. The number of methoxy groups -OCH3 is 1. The van der Waals surface area contributed by atoms with E-state index in [1.54, 1.807) is 41.3 Å². The Hall–Kier alpha value is -2.74. The Morgan fingerprint density at radius 2 is 1.93 bits per heavy atom. The number of hydrazine groups is 1. The highest BCUT2D eigenvalue weighted by Gasteiger charge is 2.55. The third kappa shape index (κ3) is 3.19. The molecule has 0 spiro atoms. The van der Waals surface area contributed by atoms with E-state index in [0.29, 0.717) is 22.9 Å². The van der Waals surface area contributed by atoms with Gasteiger partial charge in [0.25, 0.3) is 0 Å². The molecule has 0 saturated carbocycles. The molecule has 8 heteroatoms. The van der Waals surface area contributed by atoms with Gasteiger partial charge < -0.3 is 19.8 Å². The maximum absolute atomic E-state index is 13.2. The van der Waals surface area contributed by atoms with Crippen LogP contribution in [0.4, 0.5) is 0 Å². The molecule has 1 amide bonds. The molecule has 4 atom stereocenters. The van der Waals surface area contributed by atoms with Gasteiger partial charge in [-0.2, -0.15) is 0 Å². The number of nitrogens with zero attached hydrogens (tertiary/aromatic N) is 1. The number of carbonyl (C=O) groups excluding carboxylic acids is 1. The van der Waals surface area contributed by atoms with Crippen LogP contribution < -0.4 is 15.6 Å². The van der Waals surface area contributed by atoms with Crippen molar-refractivity contribution >= 4 is 17.5 Å². The number of aromatic hydroxyl groups is 2. The fourth-order valence-corrected chi connectivity index (χ4v) is 4.69. The number of rotatable bonds is 5. The summed E-state index contributed by atoms with van der Waals surface area (Å²) in [6.07, 6.45) is 1.69. The fraction of sp³-hybridized carbons (Fsp3) is 0.318. The van der Waals surface area contributed by atoms with Crippen LogP contribution in [0.15, 0.2) is 43.0 Å². The van der Waals surface area contributed by atoms with E-state index in [1.807, 2.05) is 6.92 Å². The molecule has 4 unspecified atom stereocenters. The van der Waals surface area contributed by atoms with Crippen LogP contribution in [0.2, 0.25) is 5.02 Å². The van der Waals surface area contributed by atoms with Crippen molar-refractivity contribution < 1.29 is 19.7 Å². The summed E-state index contributed by atoms with van der Waals surface area (Å²) in [5, 5.41) is 21.2. The van der Waals surface area contributed by atoms with E-state index in [9.17, 15) is 15.0 Å². The minimum atomic E-state index is -0.487. The van der Waals surface area contributed by atoms with Gasteiger partial charge in [0.05, 0.1) is 19.2 Å². The number of ether oxygens (including phenoxy) is 1. The Morgan fingerprint density at radius 3 is 2.63 bits per heavy atom. The van der Waals surface area contributed by atoms with E-state index in [1.165, 1.54) is 7.11 Å². The number of halogens is 1. The maximum atomic E-state index is 13.2. The van der Waals surface area contributed by atoms with Crippen LogP contribution >= 0.6 is 11.6 Å². The molecule has 2 heterocycles. The average Bonchev–Trinajstić information content (AvgIpc) is 3.25. The minimum Gasteiger partial charge on any atom is -0.508 e. The summed E-state index contributed by atoms with van der Waals surface area (Å²) < 4.78 is 5.28. The number of phenolic OH excluding ortho intramolecular Hbond substituents is 2. The van der Waals surface area contributed by atoms with Crippen LogP contribution in [-0.4, -0.2) is 40.7 Å². The number of amides is 1. The second-order valence-corrected chi connectivity index (χ2v) is 8.04. The molecule has 4 rings (SSSR count). The summed E-state index contributed by atoms with van der Waals surface area (Å²) in [6, 6.07) is 7.27. The van der Waals surface area contributed by atoms with Gasteiger partial charge in [-0.25, -0.2) is 10.9 Å². The molecular formula is C22H24ClN3O4. The summed E-state index contributed by atoms with van der Waals surface area (Å²) in [7, 11) is 1.48. The van der Waals surface area contributed by atoms with Crippen LogP contribution in [-0.2, 0) is 4.79 Å². The van der Waals surface area contributed by atoms with Crippen molar-refractivity contribution in [2.75, 3.05) is 13.7 Å². The fourth-order valence-electron chi connectivity index (χ4n) is 4.52. The molecule has 7 nitrogen and oxygen atoms in total. The van der Waals surface area contributed by atoms with Gasteiger partial charge in [0, 0.05) is 23.0 Å². The van der Waals surface area contributed by atoms with Crippen LogP contribution in [0.25, 0.3) is 0 Å². The van der Waals surface area contributed by atoms with E-state index >= 15 is 0 Å². The highest BCUT2D eigenvalue weighted by molar-refractivity contribution is 6.31. The molecular weight excluding hydrogens is 406 g/mol. The zero-order chi connectivity index (χ0) is 21.6. The third-order valence-electron chi connectivity index (χ3n) is 5.93. The molecule has 4 N–H and O–H groups in total. The first-order valence-corrected chi connectivity index (χ1v) is 10.0. The highest BCUT2D eigenvalue weighted by Crippen LogP contribution is 2.49. The Labute approximate surface area is 179 Å². The lowest BCUT2D eigenvalue weighted by molar-refractivity contribution is -0.130. The molecule has 0 radical (unpaired) electrons. The molecule has 2 fully saturated rings. The largest absolute Gasteiger partial charge is 0.508 e. The van der Waals surface area contributed by atoms with Crippen LogP contribution in [0, 0.1) is 12.8 Å². The molecule has 0 bridgehead atoms. The normalized spacial score (nSPS) is 25.4. The van der Waals surface area contributed by atoms with E-state index < -0.39 is 6.04 Å². The monoisotopic (exact) mass is 429 g/mol. The number of hydrogen-bond donors (Lipinski definition) is 4. The van der Waals surface area contributed by atoms with E-state index in [0.717, 1.165) is 11.1 Å². The Bertz CT molecular complexity index is 1010. The van der Waals surface area contributed by atoms with Crippen molar-refractivity contribution in [1.82, 2.24) is 15.8 Å². The number of carbonyl (C=O) groups is 1. The molecule has 2 aromatic rings. The van der Waals surface area contributed by atoms with Crippen molar-refractivity contribution in [2.45, 2.75) is 25.0 Å². The summed E-state index contributed by atoms with van der Waals surface area (Å²) in [5.41, 5.74) is 8.48. The molecule has 30 heavy (non-hydrogen) atoms. The first-order valence-electron chi connectivity index (χ1n) is 9.65. The molecule has 2 aliphatic heterocycles. The first kappa shape index (κ1) is 20.5. The molecule has 0 aliphatic carbocycles. The van der Waals surface area contributed by atoms with Gasteiger partial charge in [-0.05, 0) is 42.3 Å². The molecule has 2 saturated heterocycles. The van der Waals surface area contributed by atoms with E-state index in [-0.39, 0.29) is 35.4 Å². The number of hydrogen-bond acceptors (Lipinski definition) is 6. The standard InChI is InChI=1S/C22H24ClN3O4/c1-4-7-26-21(12-5-6-15(27)17(9-12)30-3)18-19(24-25-20(18)22(26)29)13-10-14(23)11(2)8-16(13)28/h4-6,8-10,18-21,24-25,27-28H,1,7H2,2-3H3. The lowest BCUT2D eigenvalue weighted by Crippen LogP contribution is -2.41. The van der Waals surface area contributed by atoms with Gasteiger partial charge in [-0.1, -0.05) is 23.7 Å². The average molecular weight is 430 g/mol. The van der Waals surface area contributed by atoms with Crippen molar-refractivity contribution in [2.24, 2.45) is 5.92 Å². The lowest BCUT2D eigenvalue weighted by Gasteiger charge is -2.31. The van der Waals surface area contributed by atoms with Crippen molar-refractivity contribution in [3.8, 4) is 17.2 Å². The predicted octanol–water partition coefficient (Wildman–Crippen LogP) is 2.97. The van der Waals surface area contributed by atoms with Crippen molar-refractivity contribution in [3.05, 3.63) is 64.7 Å². The number of phenols is 2. The zero-order valence-corrected chi connectivity index (χ0v) is 17.5. The quantitative estimate of drug-likeness (QED) is 0.546. The Kier molecular flexibility index (Phi) is 5.36. The first-order chi connectivity index (χ1) is 14.4. The predicted molar refractivity (Wildman–Crippen MR) is 113 cm³/mol. The van der Waals surface area contributed by atoms with Gasteiger partial charge in [0.2, 0.25) is 5.91 Å². The molecule has 2 aromatic carbocycles. The van der Waals surface area contributed by atoms with Gasteiger partial charge in [-0.3, -0.25) is 4.79 Å². The van der Waals surface area contributed by atoms with Gasteiger partial charge in [0.1, 0.15) is 11.8 Å². The Morgan fingerprint density at radius 1 is 1.20 bits per heavy atom. The smallest absolute Gasteiger partial charge is 0.242 e. The van der Waals surface area contributed by atoms with Crippen LogP contribution in [0.3, 0.4) is 0 Å².